The van der Waals surface area contributed by atoms with E-state index in [4.69, 9.17) is 5.73 Å². The Morgan fingerprint density at radius 2 is 2.15 bits per heavy atom. The Balaban J connectivity index is 2.63. The Hall–Kier alpha value is -1.09. The maximum Gasteiger partial charge on any atom is 0.144 e. The van der Waals surface area contributed by atoms with E-state index >= 15 is 0 Å². The van der Waals surface area contributed by atoms with E-state index in [1.54, 1.807) is 0 Å². The highest BCUT2D eigenvalue weighted by molar-refractivity contribution is 7.13. The highest BCUT2D eigenvalue weighted by Crippen LogP contribution is 2.27. The number of hydrogen-bond donors (Lipinski definition) is 1. The average molecular weight is 192 g/mol. The molecule has 0 radical (unpaired) electrons. The highest BCUT2D eigenvalue weighted by Gasteiger charge is 2.05. The van der Waals surface area contributed by atoms with E-state index in [0.29, 0.717) is 11.7 Å². The van der Waals surface area contributed by atoms with Gasteiger partial charge in [-0.1, -0.05) is 19.9 Å². The van der Waals surface area contributed by atoms with E-state index in [1.807, 2.05) is 0 Å². The summed E-state index contributed by atoms with van der Waals surface area (Å²) in [6.45, 7) is 4.37. The smallest absolute Gasteiger partial charge is 0.144 e. The molecule has 0 saturated carbocycles. The van der Waals surface area contributed by atoms with Crippen LogP contribution in [-0.4, -0.2) is 4.37 Å². The summed E-state index contributed by atoms with van der Waals surface area (Å²) in [6.07, 6.45) is 0. The Morgan fingerprint density at radius 3 is 2.85 bits per heavy atom. The first-order valence-electron chi connectivity index (χ1n) is 4.33. The van der Waals surface area contributed by atoms with Gasteiger partial charge in [-0.2, -0.15) is 4.37 Å². The minimum atomic E-state index is 0.563. The first kappa shape index (κ1) is 8.51. The fourth-order valence-corrected chi connectivity index (χ4v) is 2.09. The molecule has 2 aromatic rings. The van der Waals surface area contributed by atoms with Gasteiger partial charge in [-0.25, -0.2) is 0 Å². The quantitative estimate of drug-likeness (QED) is 0.754. The normalized spacial score (nSPS) is 11.3. The van der Waals surface area contributed by atoms with Crippen molar-refractivity contribution in [2.24, 2.45) is 0 Å². The monoisotopic (exact) mass is 192 g/mol. The number of rotatable bonds is 1. The van der Waals surface area contributed by atoms with Crippen LogP contribution in [0.5, 0.6) is 0 Å². The zero-order valence-corrected chi connectivity index (χ0v) is 8.56. The van der Waals surface area contributed by atoms with Crippen LogP contribution < -0.4 is 5.73 Å². The third-order valence-corrected chi connectivity index (χ3v) is 3.01. The zero-order valence-electron chi connectivity index (χ0n) is 7.74. The van der Waals surface area contributed by atoms with Crippen LogP contribution in [0.2, 0.25) is 0 Å². The lowest BCUT2D eigenvalue weighted by molar-refractivity contribution is 0.869. The van der Waals surface area contributed by atoms with Crippen molar-refractivity contribution in [2.75, 3.05) is 5.73 Å². The first-order chi connectivity index (χ1) is 6.18. The summed E-state index contributed by atoms with van der Waals surface area (Å²) in [5, 5.41) is 1.08. The molecule has 1 aromatic heterocycles. The number of hydrogen-bond acceptors (Lipinski definition) is 3. The van der Waals surface area contributed by atoms with Crippen LogP contribution in [0, 0.1) is 0 Å². The average Bonchev–Trinajstić information content (AvgIpc) is 2.47. The lowest BCUT2D eigenvalue weighted by Crippen LogP contribution is -1.86. The molecule has 3 heteroatoms. The van der Waals surface area contributed by atoms with Gasteiger partial charge in [-0.3, -0.25) is 0 Å². The molecular weight excluding hydrogens is 180 g/mol. The van der Waals surface area contributed by atoms with E-state index < -0.39 is 0 Å². The van der Waals surface area contributed by atoms with Gasteiger partial charge in [0.15, 0.2) is 0 Å². The Bertz CT molecular complexity index is 431. The second-order valence-corrected chi connectivity index (χ2v) is 4.28. The van der Waals surface area contributed by atoms with Gasteiger partial charge >= 0.3 is 0 Å². The summed E-state index contributed by atoms with van der Waals surface area (Å²) in [4.78, 5) is 0. The van der Waals surface area contributed by atoms with E-state index in [1.165, 1.54) is 21.8 Å². The van der Waals surface area contributed by atoms with Gasteiger partial charge in [0, 0.05) is 5.39 Å². The largest absolute Gasteiger partial charge is 0.382 e. The molecule has 0 bridgehead atoms. The maximum absolute atomic E-state index is 5.70. The fraction of sp³-hybridized carbons (Fsp3) is 0.300. The number of fused-ring (bicyclic) bond motifs is 1. The molecule has 0 amide bonds. The molecule has 0 aliphatic heterocycles. The van der Waals surface area contributed by atoms with Crippen LogP contribution in [0.3, 0.4) is 0 Å². The number of benzene rings is 1. The second-order valence-electron chi connectivity index (χ2n) is 3.48. The lowest BCUT2D eigenvalue weighted by Gasteiger charge is -2.03. The van der Waals surface area contributed by atoms with Crippen LogP contribution in [0.25, 0.3) is 10.1 Å². The standard InChI is InChI=1S/C10H12N2S/c1-6(2)7-3-4-8-9(5-7)13-12-10(8)11/h3-6H,1-2H3,(H2,11,12). The molecule has 2 rings (SSSR count). The molecule has 0 fully saturated rings. The summed E-state index contributed by atoms with van der Waals surface area (Å²) in [5.74, 6) is 1.21. The van der Waals surface area contributed by atoms with Crippen molar-refractivity contribution in [1.82, 2.24) is 4.37 Å². The van der Waals surface area contributed by atoms with Gasteiger partial charge in [0.25, 0.3) is 0 Å². The molecule has 13 heavy (non-hydrogen) atoms. The fourth-order valence-electron chi connectivity index (χ4n) is 1.33. The summed E-state index contributed by atoms with van der Waals surface area (Å²) < 4.78 is 5.30. The molecule has 0 saturated heterocycles. The molecule has 0 spiro atoms. The van der Waals surface area contributed by atoms with Crippen molar-refractivity contribution in [3.63, 3.8) is 0 Å². The van der Waals surface area contributed by atoms with Crippen molar-refractivity contribution >= 4 is 27.4 Å². The lowest BCUT2D eigenvalue weighted by atomic mass is 10.0. The maximum atomic E-state index is 5.70. The predicted octanol–water partition coefficient (Wildman–Crippen LogP) is 3.00. The van der Waals surface area contributed by atoms with E-state index in [9.17, 15) is 0 Å². The van der Waals surface area contributed by atoms with E-state index in [-0.39, 0.29) is 0 Å². The number of nitrogens with two attached hydrogens (primary N) is 1. The summed E-state index contributed by atoms with van der Waals surface area (Å²) in [7, 11) is 0. The zero-order chi connectivity index (χ0) is 9.42. The molecule has 0 atom stereocenters. The summed E-state index contributed by atoms with van der Waals surface area (Å²) in [5.41, 5.74) is 7.05. The molecule has 2 N–H and O–H groups in total. The number of nitrogens with zero attached hydrogens (tertiary/aromatic N) is 1. The van der Waals surface area contributed by atoms with Crippen LogP contribution in [-0.2, 0) is 0 Å². The van der Waals surface area contributed by atoms with Crippen molar-refractivity contribution in [1.29, 1.82) is 0 Å². The van der Waals surface area contributed by atoms with Crippen LogP contribution >= 0.6 is 11.5 Å². The van der Waals surface area contributed by atoms with Crippen molar-refractivity contribution in [2.45, 2.75) is 19.8 Å². The van der Waals surface area contributed by atoms with Crippen LogP contribution in [0.4, 0.5) is 5.82 Å². The Morgan fingerprint density at radius 1 is 1.38 bits per heavy atom. The van der Waals surface area contributed by atoms with Gasteiger partial charge in [0.2, 0.25) is 0 Å². The minimum Gasteiger partial charge on any atom is -0.382 e. The second kappa shape index (κ2) is 3.00. The van der Waals surface area contributed by atoms with Gasteiger partial charge in [-0.15, -0.1) is 0 Å². The molecule has 0 aliphatic carbocycles. The summed E-state index contributed by atoms with van der Waals surface area (Å²) in [6, 6.07) is 6.36. The third kappa shape index (κ3) is 1.40. The SMILES string of the molecule is CC(C)c1ccc2c(N)nsc2c1. The minimum absolute atomic E-state index is 0.563. The Kier molecular flexibility index (Phi) is 1.96. The molecule has 68 valence electrons. The van der Waals surface area contributed by atoms with Crippen LogP contribution in [0.15, 0.2) is 18.2 Å². The number of aromatic nitrogens is 1. The third-order valence-electron chi connectivity index (χ3n) is 2.19. The van der Waals surface area contributed by atoms with Gasteiger partial charge in [-0.05, 0) is 35.1 Å². The van der Waals surface area contributed by atoms with Gasteiger partial charge in [0.05, 0.1) is 4.70 Å². The van der Waals surface area contributed by atoms with Crippen LogP contribution in [0.1, 0.15) is 25.3 Å². The number of nitrogen functional groups attached to an aromatic ring is 1. The Labute approximate surface area is 81.5 Å². The van der Waals surface area contributed by atoms with Crippen molar-refractivity contribution in [3.05, 3.63) is 23.8 Å². The molecule has 0 aliphatic rings. The molecule has 1 heterocycles. The topological polar surface area (TPSA) is 38.9 Å². The molecule has 0 unspecified atom stereocenters. The summed E-state index contributed by atoms with van der Waals surface area (Å²) >= 11 is 1.47. The van der Waals surface area contributed by atoms with E-state index in [0.717, 1.165) is 5.39 Å². The van der Waals surface area contributed by atoms with E-state index in [2.05, 4.69) is 36.4 Å². The number of anilines is 1. The molecule has 1 aromatic carbocycles. The molecular formula is C10H12N2S. The van der Waals surface area contributed by atoms with Crippen molar-refractivity contribution < 1.29 is 0 Å². The highest BCUT2D eigenvalue weighted by atomic mass is 32.1. The predicted molar refractivity (Wildman–Crippen MR) is 58.1 cm³/mol. The van der Waals surface area contributed by atoms with Gasteiger partial charge < -0.3 is 5.73 Å². The molecule has 2 nitrogen and oxygen atoms in total. The van der Waals surface area contributed by atoms with Gasteiger partial charge in [0.1, 0.15) is 5.82 Å². The first-order valence-corrected chi connectivity index (χ1v) is 5.10. The van der Waals surface area contributed by atoms with Crippen molar-refractivity contribution in [3.8, 4) is 0 Å².